The number of benzene rings is 1. The lowest BCUT2D eigenvalue weighted by Crippen LogP contribution is -2.62. The van der Waals surface area contributed by atoms with Crippen LogP contribution in [-0.2, 0) is 16.1 Å². The summed E-state index contributed by atoms with van der Waals surface area (Å²) in [5, 5.41) is 8.00. The minimum absolute atomic E-state index is 0.0111. The molecule has 6 rings (SSSR count). The van der Waals surface area contributed by atoms with Gasteiger partial charge in [-0.1, -0.05) is 35.9 Å². The van der Waals surface area contributed by atoms with Crippen LogP contribution in [0.5, 0.6) is 0 Å². The number of carbonyl (C=O) groups excluding carboxylic acids is 3. The SMILES string of the molecule is NC(=O)c1nn(CC(=O)N2C3CCC(CC3)[C@@H]2C(=O)Nc2cccc(Cl)n2)c2ccccc12. The van der Waals surface area contributed by atoms with E-state index in [0.717, 1.165) is 25.7 Å². The molecular formula is C23H23ClN6O3. The van der Waals surface area contributed by atoms with Crippen LogP contribution in [-0.4, -0.2) is 49.5 Å². The summed E-state index contributed by atoms with van der Waals surface area (Å²) in [6, 6.07) is 11.5. The first-order chi connectivity index (χ1) is 15.9. The van der Waals surface area contributed by atoms with Crippen molar-refractivity contribution in [1.82, 2.24) is 19.7 Å². The molecule has 170 valence electrons. The van der Waals surface area contributed by atoms with Crippen LogP contribution in [0.1, 0.15) is 36.2 Å². The maximum absolute atomic E-state index is 13.5. The fourth-order valence-electron chi connectivity index (χ4n) is 5.17. The van der Waals surface area contributed by atoms with Crippen molar-refractivity contribution in [3.63, 3.8) is 0 Å². The van der Waals surface area contributed by atoms with E-state index in [0.29, 0.717) is 16.7 Å². The van der Waals surface area contributed by atoms with E-state index in [-0.39, 0.29) is 41.2 Å². The number of hydrogen-bond acceptors (Lipinski definition) is 5. The number of rotatable bonds is 5. The van der Waals surface area contributed by atoms with Crippen molar-refractivity contribution in [3.8, 4) is 0 Å². The second kappa shape index (κ2) is 8.47. The molecule has 2 saturated heterocycles. The summed E-state index contributed by atoms with van der Waals surface area (Å²) in [6.45, 7) is -0.0871. The fourth-order valence-corrected chi connectivity index (χ4v) is 5.33. The predicted molar refractivity (Wildman–Crippen MR) is 123 cm³/mol. The summed E-state index contributed by atoms with van der Waals surface area (Å²) in [4.78, 5) is 44.5. The van der Waals surface area contributed by atoms with Gasteiger partial charge < -0.3 is 16.0 Å². The lowest BCUT2D eigenvalue weighted by atomic mass is 9.74. The number of anilines is 1. The molecular weight excluding hydrogens is 444 g/mol. The molecule has 10 heteroatoms. The molecule has 1 aromatic carbocycles. The number of pyridine rings is 1. The zero-order chi connectivity index (χ0) is 23.1. The summed E-state index contributed by atoms with van der Waals surface area (Å²) in [5.41, 5.74) is 6.25. The minimum atomic E-state index is -0.652. The Bertz CT molecular complexity index is 1250. The molecule has 3 aromatic rings. The number of nitrogens with two attached hydrogens (primary N) is 1. The van der Waals surface area contributed by atoms with Gasteiger partial charge in [0, 0.05) is 11.4 Å². The number of amides is 3. The molecule has 3 N–H and O–H groups in total. The third kappa shape index (κ3) is 3.93. The third-order valence-corrected chi connectivity index (χ3v) is 6.79. The van der Waals surface area contributed by atoms with Crippen LogP contribution in [0.4, 0.5) is 5.82 Å². The van der Waals surface area contributed by atoms with Gasteiger partial charge in [-0.2, -0.15) is 5.10 Å². The van der Waals surface area contributed by atoms with Crippen LogP contribution in [0, 0.1) is 5.92 Å². The van der Waals surface area contributed by atoms with Gasteiger partial charge in [0.05, 0.1) is 5.52 Å². The Kier molecular flexibility index (Phi) is 5.49. The Balaban J connectivity index is 1.43. The van der Waals surface area contributed by atoms with E-state index in [4.69, 9.17) is 17.3 Å². The topological polar surface area (TPSA) is 123 Å². The van der Waals surface area contributed by atoms with Crippen LogP contribution in [0.25, 0.3) is 10.9 Å². The van der Waals surface area contributed by atoms with Crippen molar-refractivity contribution in [2.24, 2.45) is 11.7 Å². The highest BCUT2D eigenvalue weighted by Crippen LogP contribution is 2.40. The molecule has 2 aromatic heterocycles. The molecule has 4 heterocycles. The molecule has 2 aliphatic heterocycles. The summed E-state index contributed by atoms with van der Waals surface area (Å²) in [5.74, 6) is -0.705. The van der Waals surface area contributed by atoms with Crippen LogP contribution < -0.4 is 11.1 Å². The molecule has 3 amide bonds. The standard InChI is InChI=1S/C23H23ClN6O3/c24-17-6-3-7-18(26-17)27-23(33)21-13-8-10-14(11-9-13)30(21)19(31)12-29-16-5-2-1-4-15(16)20(28-29)22(25)32/h1-7,13-14,21H,8-12H2,(H2,25,32)(H,26,27,33)/t13?,14?,21-/m1/s1. The van der Waals surface area contributed by atoms with Crippen molar-refractivity contribution in [2.75, 3.05) is 5.32 Å². The number of nitrogens with one attached hydrogen (secondary N) is 1. The zero-order valence-corrected chi connectivity index (χ0v) is 18.5. The van der Waals surface area contributed by atoms with E-state index < -0.39 is 11.9 Å². The van der Waals surface area contributed by atoms with Crippen molar-refractivity contribution in [3.05, 3.63) is 53.3 Å². The maximum Gasteiger partial charge on any atom is 0.269 e. The summed E-state index contributed by atoms with van der Waals surface area (Å²) in [7, 11) is 0. The zero-order valence-electron chi connectivity index (χ0n) is 17.8. The number of carbonyl (C=O) groups is 3. The van der Waals surface area contributed by atoms with E-state index in [1.54, 1.807) is 41.3 Å². The molecule has 0 unspecified atom stereocenters. The Morgan fingerprint density at radius 1 is 1.06 bits per heavy atom. The van der Waals surface area contributed by atoms with E-state index in [1.807, 2.05) is 6.07 Å². The molecule has 1 aliphatic carbocycles. The molecule has 3 aliphatic rings. The first kappa shape index (κ1) is 21.4. The molecule has 2 bridgehead atoms. The van der Waals surface area contributed by atoms with Gasteiger partial charge in [-0.15, -0.1) is 0 Å². The van der Waals surface area contributed by atoms with Gasteiger partial charge in [0.1, 0.15) is 23.6 Å². The van der Waals surface area contributed by atoms with Crippen LogP contribution >= 0.6 is 11.6 Å². The molecule has 1 saturated carbocycles. The number of fused-ring (bicyclic) bond motifs is 4. The summed E-state index contributed by atoms with van der Waals surface area (Å²) in [6.07, 6.45) is 3.52. The van der Waals surface area contributed by atoms with Gasteiger partial charge in [-0.3, -0.25) is 19.1 Å². The van der Waals surface area contributed by atoms with Gasteiger partial charge >= 0.3 is 0 Å². The third-order valence-electron chi connectivity index (χ3n) is 6.58. The molecule has 3 fully saturated rings. The lowest BCUT2D eigenvalue weighted by molar-refractivity contribution is -0.151. The van der Waals surface area contributed by atoms with Gasteiger partial charge in [0.2, 0.25) is 11.8 Å². The first-order valence-corrected chi connectivity index (χ1v) is 11.3. The normalized spacial score (nSPS) is 21.8. The van der Waals surface area contributed by atoms with E-state index >= 15 is 0 Å². The first-order valence-electron chi connectivity index (χ1n) is 10.9. The highest BCUT2D eigenvalue weighted by molar-refractivity contribution is 6.29. The van der Waals surface area contributed by atoms with Crippen molar-refractivity contribution >= 4 is 46.0 Å². The second-order valence-electron chi connectivity index (χ2n) is 8.54. The van der Waals surface area contributed by atoms with Gasteiger partial charge in [0.25, 0.3) is 5.91 Å². The largest absolute Gasteiger partial charge is 0.364 e. The second-order valence-corrected chi connectivity index (χ2v) is 8.92. The van der Waals surface area contributed by atoms with Crippen LogP contribution in [0.3, 0.4) is 0 Å². The summed E-state index contributed by atoms with van der Waals surface area (Å²) < 4.78 is 1.49. The number of halogens is 1. The summed E-state index contributed by atoms with van der Waals surface area (Å²) >= 11 is 5.95. The number of aromatic nitrogens is 3. The average molecular weight is 467 g/mol. The van der Waals surface area contributed by atoms with Gasteiger partial charge in [-0.05, 0) is 49.8 Å². The van der Waals surface area contributed by atoms with Crippen molar-refractivity contribution in [2.45, 2.75) is 44.3 Å². The number of hydrogen-bond donors (Lipinski definition) is 2. The molecule has 9 nitrogen and oxygen atoms in total. The van der Waals surface area contributed by atoms with Gasteiger partial charge in [0.15, 0.2) is 5.69 Å². The molecule has 33 heavy (non-hydrogen) atoms. The van der Waals surface area contributed by atoms with Crippen LogP contribution in [0.2, 0.25) is 5.15 Å². The highest BCUT2D eigenvalue weighted by atomic mass is 35.5. The number of nitrogens with zero attached hydrogens (tertiary/aromatic N) is 4. The fraction of sp³-hybridized carbons (Fsp3) is 0.348. The molecule has 0 radical (unpaired) electrons. The Morgan fingerprint density at radius 3 is 2.55 bits per heavy atom. The number of piperidine rings is 2. The van der Waals surface area contributed by atoms with E-state index in [2.05, 4.69) is 15.4 Å². The average Bonchev–Trinajstić information content (AvgIpc) is 3.18. The number of primary amides is 1. The Morgan fingerprint density at radius 2 is 1.82 bits per heavy atom. The predicted octanol–water partition coefficient (Wildman–Crippen LogP) is 2.59. The number of para-hydroxylation sites is 1. The quantitative estimate of drug-likeness (QED) is 0.559. The molecule has 0 spiro atoms. The van der Waals surface area contributed by atoms with E-state index in [9.17, 15) is 14.4 Å². The van der Waals surface area contributed by atoms with E-state index in [1.165, 1.54) is 4.68 Å². The van der Waals surface area contributed by atoms with Crippen molar-refractivity contribution in [1.29, 1.82) is 0 Å². The lowest BCUT2D eigenvalue weighted by Gasteiger charge is -2.50. The van der Waals surface area contributed by atoms with Gasteiger partial charge in [-0.25, -0.2) is 4.98 Å². The smallest absolute Gasteiger partial charge is 0.269 e. The van der Waals surface area contributed by atoms with Crippen molar-refractivity contribution < 1.29 is 14.4 Å². The molecule has 1 atom stereocenters. The highest BCUT2D eigenvalue weighted by Gasteiger charge is 2.47. The Hall–Kier alpha value is -3.46. The Labute approximate surface area is 194 Å². The minimum Gasteiger partial charge on any atom is -0.364 e. The monoisotopic (exact) mass is 466 g/mol. The maximum atomic E-state index is 13.5. The van der Waals surface area contributed by atoms with Crippen LogP contribution in [0.15, 0.2) is 42.5 Å².